The predicted molar refractivity (Wildman–Crippen MR) is 61.1 cm³/mol. The maximum atomic E-state index is 13.7. The van der Waals surface area contributed by atoms with Gasteiger partial charge in [-0.1, -0.05) is 18.5 Å². The molecule has 0 aromatic rings. The molecule has 110 valence electrons. The number of hydrogen-bond donors (Lipinski definition) is 0. The summed E-state index contributed by atoms with van der Waals surface area (Å²) in [5.74, 6) is -9.89. The molecule has 10 heteroatoms. The summed E-state index contributed by atoms with van der Waals surface area (Å²) in [5.41, 5.74) is 0. The van der Waals surface area contributed by atoms with Crippen LogP contribution in [0.2, 0.25) is 0 Å². The molecule has 0 nitrogen and oxygen atoms in total. The van der Waals surface area contributed by atoms with E-state index in [4.69, 9.17) is 0 Å². The summed E-state index contributed by atoms with van der Waals surface area (Å²) in [6, 6.07) is 0. The predicted octanol–water partition coefficient (Wildman–Crippen LogP) is 5.71. The lowest BCUT2D eigenvalue weighted by molar-refractivity contribution is -0.219. The van der Waals surface area contributed by atoms with Gasteiger partial charge in [0.15, 0.2) is 0 Å². The number of halogens is 10. The Morgan fingerprint density at radius 1 is 0.944 bits per heavy atom. The fourth-order valence-electron chi connectivity index (χ4n) is 0.925. The van der Waals surface area contributed by atoms with E-state index in [9.17, 15) is 30.7 Å². The van der Waals surface area contributed by atoms with Crippen molar-refractivity contribution < 1.29 is 30.7 Å². The van der Waals surface area contributed by atoms with Crippen molar-refractivity contribution in [1.82, 2.24) is 0 Å². The zero-order chi connectivity index (χ0) is 15.2. The standard InChI is InChI=1S/C8H8Br2ClF7/c1-3-5(9,14)8(17,18)6(10,15)7(11,16)4(2,12)13/h3H2,1-2H3. The Kier molecular flexibility index (Phi) is 5.15. The lowest BCUT2D eigenvalue weighted by Crippen LogP contribution is -2.64. The summed E-state index contributed by atoms with van der Waals surface area (Å²) in [7, 11) is 0. The molecule has 0 aromatic heterocycles. The van der Waals surface area contributed by atoms with Gasteiger partial charge in [0, 0.05) is 6.92 Å². The SMILES string of the molecule is CCC(F)(Br)C(F)(F)C(F)(Br)C(F)(Cl)C(C)(F)F. The van der Waals surface area contributed by atoms with Gasteiger partial charge in [-0.15, -0.1) is 0 Å². The summed E-state index contributed by atoms with van der Waals surface area (Å²) in [4.78, 5) is 0. The molecule has 18 heavy (non-hydrogen) atoms. The third kappa shape index (κ3) is 2.63. The first-order valence-electron chi connectivity index (χ1n) is 4.45. The van der Waals surface area contributed by atoms with Crippen LogP contribution in [0.3, 0.4) is 0 Å². The largest absolute Gasteiger partial charge is 0.339 e. The Labute approximate surface area is 120 Å². The molecule has 0 heterocycles. The first-order valence-corrected chi connectivity index (χ1v) is 6.41. The molecule has 0 saturated carbocycles. The summed E-state index contributed by atoms with van der Waals surface area (Å²) < 4.78 is 84.6. The molecule has 0 aromatic carbocycles. The van der Waals surface area contributed by atoms with E-state index in [2.05, 4.69) is 11.6 Å². The van der Waals surface area contributed by atoms with E-state index >= 15 is 0 Å². The molecule has 0 radical (unpaired) electrons. The van der Waals surface area contributed by atoms with Gasteiger partial charge in [-0.05, 0) is 38.3 Å². The van der Waals surface area contributed by atoms with E-state index in [0.29, 0.717) is 0 Å². The minimum Gasteiger partial charge on any atom is -0.224 e. The van der Waals surface area contributed by atoms with Crippen LogP contribution < -0.4 is 0 Å². The van der Waals surface area contributed by atoms with Crippen molar-refractivity contribution in [3.63, 3.8) is 0 Å². The van der Waals surface area contributed by atoms with Crippen LogP contribution in [0.5, 0.6) is 0 Å². The van der Waals surface area contributed by atoms with Gasteiger partial charge >= 0.3 is 5.92 Å². The van der Waals surface area contributed by atoms with E-state index in [1.807, 2.05) is 15.9 Å². The van der Waals surface area contributed by atoms with E-state index in [0.717, 1.165) is 6.92 Å². The van der Waals surface area contributed by atoms with E-state index in [1.54, 1.807) is 0 Å². The number of rotatable bonds is 5. The Hall–Kier alpha value is 0.760. The molecule has 0 saturated heterocycles. The van der Waals surface area contributed by atoms with Crippen molar-refractivity contribution in [3.05, 3.63) is 0 Å². The zero-order valence-corrected chi connectivity index (χ0v) is 12.9. The van der Waals surface area contributed by atoms with Crippen LogP contribution in [0.25, 0.3) is 0 Å². The highest BCUT2D eigenvalue weighted by Gasteiger charge is 2.79. The Bertz CT molecular complexity index is 311. The molecule has 0 aliphatic heterocycles. The summed E-state index contributed by atoms with van der Waals surface area (Å²) >= 11 is 7.85. The topological polar surface area (TPSA) is 0 Å². The smallest absolute Gasteiger partial charge is 0.224 e. The maximum absolute atomic E-state index is 13.7. The van der Waals surface area contributed by atoms with Crippen LogP contribution in [0.1, 0.15) is 20.3 Å². The molecule has 0 aliphatic carbocycles. The molecule has 0 spiro atoms. The van der Waals surface area contributed by atoms with Crippen molar-refractivity contribution in [2.45, 2.75) is 46.4 Å². The highest BCUT2D eigenvalue weighted by atomic mass is 79.9. The van der Waals surface area contributed by atoms with E-state index in [1.165, 1.54) is 15.9 Å². The second-order valence-electron chi connectivity index (χ2n) is 3.67. The average molecular weight is 432 g/mol. The third-order valence-electron chi connectivity index (χ3n) is 2.24. The van der Waals surface area contributed by atoms with Gasteiger partial charge in [0.05, 0.1) is 0 Å². The van der Waals surface area contributed by atoms with Gasteiger partial charge in [-0.2, -0.15) is 8.78 Å². The highest BCUT2D eigenvalue weighted by molar-refractivity contribution is 9.10. The normalized spacial score (nSPS) is 24.0. The van der Waals surface area contributed by atoms with Crippen molar-refractivity contribution in [1.29, 1.82) is 0 Å². The van der Waals surface area contributed by atoms with Crippen molar-refractivity contribution in [3.8, 4) is 0 Å². The summed E-state index contributed by atoms with van der Waals surface area (Å²) in [6.45, 7) is 0.676. The third-order valence-corrected chi connectivity index (χ3v) is 5.17. The van der Waals surface area contributed by atoms with Crippen LogP contribution in [0.15, 0.2) is 0 Å². The second kappa shape index (κ2) is 4.95. The van der Waals surface area contributed by atoms with Gasteiger partial charge in [-0.25, -0.2) is 22.0 Å². The Balaban J connectivity index is 5.80. The molecule has 0 aliphatic rings. The number of alkyl halides is 10. The van der Waals surface area contributed by atoms with E-state index in [-0.39, 0.29) is 6.92 Å². The molecule has 3 atom stereocenters. The van der Waals surface area contributed by atoms with Crippen LogP contribution in [-0.4, -0.2) is 26.1 Å². The Morgan fingerprint density at radius 2 is 1.28 bits per heavy atom. The van der Waals surface area contributed by atoms with Crippen LogP contribution in [-0.2, 0) is 0 Å². The minimum absolute atomic E-state index is 0.203. The van der Waals surface area contributed by atoms with Crippen molar-refractivity contribution >= 4 is 43.5 Å². The van der Waals surface area contributed by atoms with E-state index < -0.39 is 32.5 Å². The second-order valence-corrected chi connectivity index (χ2v) is 6.54. The molecular weight excluding hydrogens is 424 g/mol. The minimum atomic E-state index is -5.20. The van der Waals surface area contributed by atoms with Crippen molar-refractivity contribution in [2.75, 3.05) is 0 Å². The fourth-order valence-corrected chi connectivity index (χ4v) is 2.24. The van der Waals surface area contributed by atoms with Gasteiger partial charge in [0.25, 0.3) is 15.6 Å². The lowest BCUT2D eigenvalue weighted by atomic mass is 9.99. The van der Waals surface area contributed by atoms with Gasteiger partial charge in [0.1, 0.15) is 0 Å². The van der Waals surface area contributed by atoms with Crippen LogP contribution in [0, 0.1) is 0 Å². The molecule has 0 bridgehead atoms. The summed E-state index contributed by atoms with van der Waals surface area (Å²) in [6.07, 6.45) is -1.01. The molecule has 3 unspecified atom stereocenters. The Morgan fingerprint density at radius 3 is 1.50 bits per heavy atom. The molecule has 0 N–H and O–H groups in total. The van der Waals surface area contributed by atoms with Gasteiger partial charge in [-0.3, -0.25) is 0 Å². The lowest BCUT2D eigenvalue weighted by Gasteiger charge is -2.42. The first kappa shape index (κ1) is 18.8. The molecule has 0 amide bonds. The molecular formula is C8H8Br2ClF7. The zero-order valence-electron chi connectivity index (χ0n) is 8.99. The average Bonchev–Trinajstić information content (AvgIpc) is 2.15. The quantitative estimate of drug-likeness (QED) is 0.386. The molecule has 0 rings (SSSR count). The van der Waals surface area contributed by atoms with Crippen molar-refractivity contribution in [2.24, 2.45) is 0 Å². The van der Waals surface area contributed by atoms with Crippen LogP contribution in [0.4, 0.5) is 30.7 Å². The van der Waals surface area contributed by atoms with Crippen LogP contribution >= 0.6 is 43.5 Å². The fraction of sp³-hybridized carbons (Fsp3) is 1.00. The van der Waals surface area contributed by atoms with Gasteiger partial charge < -0.3 is 0 Å². The first-order chi connectivity index (χ1) is 7.56. The monoisotopic (exact) mass is 430 g/mol. The summed E-state index contributed by atoms with van der Waals surface area (Å²) in [5, 5.41) is -4.86. The van der Waals surface area contributed by atoms with Gasteiger partial charge in [0.2, 0.25) is 4.58 Å². The molecule has 0 fully saturated rings. The highest BCUT2D eigenvalue weighted by Crippen LogP contribution is 2.61. The number of hydrogen-bond acceptors (Lipinski definition) is 0. The maximum Gasteiger partial charge on any atom is 0.339 e.